The van der Waals surface area contributed by atoms with Crippen LogP contribution in [0.1, 0.15) is 51.7 Å². The van der Waals surface area contributed by atoms with Crippen LogP contribution in [0.15, 0.2) is 53.1 Å². The number of ether oxygens (including phenoxy) is 1. The van der Waals surface area contributed by atoms with Crippen LogP contribution in [0.3, 0.4) is 0 Å². The third kappa shape index (κ3) is 3.20. The number of allylic oxidation sites excluding steroid dienone is 1. The second-order valence-corrected chi connectivity index (χ2v) is 11.2. The number of phenols is 1. The summed E-state index contributed by atoms with van der Waals surface area (Å²) in [4.78, 5) is 39.9. The van der Waals surface area contributed by atoms with Gasteiger partial charge in [0.05, 0.1) is 18.2 Å². The summed E-state index contributed by atoms with van der Waals surface area (Å²) in [6.07, 6.45) is 0.705. The van der Waals surface area contributed by atoms with Crippen LogP contribution in [0.2, 0.25) is 0 Å². The SMILES string of the molecule is COc1ccc(-c2ccc(O)c3c2C[C@]2(C)C[C@]4(C)CC(C)=C(C(C)=O)C(=O)[C@]4(O)C(=O)C2=C3O)cc1. The highest BCUT2D eigenvalue weighted by atomic mass is 16.5. The number of methoxy groups -OCH3 is 1. The maximum Gasteiger partial charge on any atom is 0.206 e. The van der Waals surface area contributed by atoms with Gasteiger partial charge >= 0.3 is 0 Å². The normalized spacial score (nSPS) is 29.0. The van der Waals surface area contributed by atoms with Gasteiger partial charge in [-0.1, -0.05) is 37.6 Å². The number of Topliss-reactive ketones (excluding diaryl/α,β-unsaturated/α-hetero) is 3. The minimum absolute atomic E-state index is 0.0852. The Balaban J connectivity index is 1.74. The van der Waals surface area contributed by atoms with Gasteiger partial charge in [0.15, 0.2) is 11.4 Å². The number of benzene rings is 2. The molecule has 3 atom stereocenters. The van der Waals surface area contributed by atoms with E-state index in [1.807, 2.05) is 31.2 Å². The van der Waals surface area contributed by atoms with E-state index in [-0.39, 0.29) is 35.3 Å². The molecule has 1 fully saturated rings. The summed E-state index contributed by atoms with van der Waals surface area (Å²) < 4.78 is 5.26. The van der Waals surface area contributed by atoms with Gasteiger partial charge < -0.3 is 20.1 Å². The highest BCUT2D eigenvalue weighted by Crippen LogP contribution is 2.62. The van der Waals surface area contributed by atoms with Crippen LogP contribution in [-0.2, 0) is 20.8 Å². The molecule has 2 aromatic rings. The molecule has 3 aliphatic carbocycles. The quantitative estimate of drug-likeness (QED) is 0.418. The molecule has 0 bridgehead atoms. The molecular formula is C30H30O7. The standard InChI is InChI=1S/C30H30O7/c1-15-12-29(4)14-28(3)13-20-19(17-6-8-18(37-5)9-7-17)10-11-21(32)23(20)25(33)24(28)27(35)30(29,36)26(34)22(15)16(2)31/h6-11,32-33,36H,12-14H2,1-5H3/t28-,29+,30+/m1/s1. The highest BCUT2D eigenvalue weighted by Gasteiger charge is 2.69. The van der Waals surface area contributed by atoms with E-state index in [2.05, 4.69) is 0 Å². The van der Waals surface area contributed by atoms with Crippen molar-refractivity contribution in [2.75, 3.05) is 7.11 Å². The van der Waals surface area contributed by atoms with Gasteiger partial charge in [0.2, 0.25) is 11.6 Å². The van der Waals surface area contributed by atoms with Gasteiger partial charge in [0.1, 0.15) is 17.3 Å². The molecule has 0 amide bonds. The van der Waals surface area contributed by atoms with E-state index in [1.165, 1.54) is 13.0 Å². The second kappa shape index (κ2) is 7.89. The second-order valence-electron chi connectivity index (χ2n) is 11.2. The largest absolute Gasteiger partial charge is 0.507 e. The van der Waals surface area contributed by atoms with Gasteiger partial charge in [-0.05, 0) is 68.0 Å². The van der Waals surface area contributed by atoms with E-state index in [0.29, 0.717) is 23.3 Å². The molecule has 3 aliphatic rings. The van der Waals surface area contributed by atoms with Gasteiger partial charge in [0, 0.05) is 16.4 Å². The minimum Gasteiger partial charge on any atom is -0.507 e. The zero-order valence-electron chi connectivity index (χ0n) is 21.6. The molecule has 0 heterocycles. The monoisotopic (exact) mass is 502 g/mol. The van der Waals surface area contributed by atoms with Crippen molar-refractivity contribution < 1.29 is 34.4 Å². The average Bonchev–Trinajstić information content (AvgIpc) is 2.81. The third-order valence-corrected chi connectivity index (χ3v) is 8.54. The van der Waals surface area contributed by atoms with Gasteiger partial charge in [-0.3, -0.25) is 14.4 Å². The number of carbonyl (C=O) groups excluding carboxylic acids is 3. The Morgan fingerprint density at radius 3 is 2.22 bits per heavy atom. The van der Waals surface area contributed by atoms with Gasteiger partial charge in [-0.25, -0.2) is 0 Å². The summed E-state index contributed by atoms with van der Waals surface area (Å²) in [7, 11) is 1.58. The van der Waals surface area contributed by atoms with Crippen molar-refractivity contribution in [3.63, 3.8) is 0 Å². The zero-order chi connectivity index (χ0) is 27.1. The molecule has 5 rings (SSSR count). The molecule has 7 heteroatoms. The van der Waals surface area contributed by atoms with Crippen LogP contribution in [-0.4, -0.2) is 45.4 Å². The first kappa shape index (κ1) is 25.0. The van der Waals surface area contributed by atoms with E-state index in [1.54, 1.807) is 27.0 Å². The smallest absolute Gasteiger partial charge is 0.206 e. The maximum atomic E-state index is 14.1. The molecule has 0 spiro atoms. The Bertz CT molecular complexity index is 1460. The van der Waals surface area contributed by atoms with E-state index in [9.17, 15) is 29.7 Å². The van der Waals surface area contributed by atoms with Crippen molar-refractivity contribution in [3.05, 3.63) is 64.2 Å². The van der Waals surface area contributed by atoms with E-state index in [4.69, 9.17) is 4.74 Å². The summed E-state index contributed by atoms with van der Waals surface area (Å²) in [5.74, 6) is -2.29. The molecule has 0 radical (unpaired) electrons. The molecule has 0 unspecified atom stereocenters. The summed E-state index contributed by atoms with van der Waals surface area (Å²) in [6, 6.07) is 10.6. The molecular weight excluding hydrogens is 472 g/mol. The fourth-order valence-corrected chi connectivity index (χ4v) is 7.07. The number of hydrogen-bond donors (Lipinski definition) is 3. The number of fused-ring (bicyclic) bond motifs is 3. The van der Waals surface area contributed by atoms with Gasteiger partial charge in [-0.2, -0.15) is 0 Å². The van der Waals surface area contributed by atoms with Crippen molar-refractivity contribution in [2.24, 2.45) is 10.8 Å². The number of aliphatic hydroxyl groups excluding tert-OH is 1. The lowest BCUT2D eigenvalue weighted by molar-refractivity contribution is -0.171. The van der Waals surface area contributed by atoms with Gasteiger partial charge in [0.25, 0.3) is 0 Å². The van der Waals surface area contributed by atoms with Crippen LogP contribution in [0.4, 0.5) is 0 Å². The topological polar surface area (TPSA) is 121 Å². The Morgan fingerprint density at radius 1 is 0.973 bits per heavy atom. The minimum atomic E-state index is -2.49. The molecule has 7 nitrogen and oxygen atoms in total. The summed E-state index contributed by atoms with van der Waals surface area (Å²) in [5, 5.41) is 34.1. The number of phenolic OH excluding ortho intramolecular Hbond substituents is 1. The van der Waals surface area contributed by atoms with Crippen LogP contribution < -0.4 is 4.74 Å². The summed E-state index contributed by atoms with van der Waals surface area (Å²) >= 11 is 0. The Morgan fingerprint density at radius 2 is 1.62 bits per heavy atom. The number of rotatable bonds is 3. The molecule has 0 aliphatic heterocycles. The lowest BCUT2D eigenvalue weighted by Crippen LogP contribution is -2.67. The van der Waals surface area contributed by atoms with E-state index < -0.39 is 39.5 Å². The van der Waals surface area contributed by atoms with Crippen molar-refractivity contribution >= 4 is 23.1 Å². The average molecular weight is 503 g/mol. The first-order chi connectivity index (χ1) is 17.3. The molecule has 0 aromatic heterocycles. The number of hydrogen-bond acceptors (Lipinski definition) is 7. The van der Waals surface area contributed by atoms with Crippen molar-refractivity contribution in [1.29, 1.82) is 0 Å². The first-order valence-electron chi connectivity index (χ1n) is 12.2. The number of ketones is 3. The predicted molar refractivity (Wildman–Crippen MR) is 137 cm³/mol. The maximum absolute atomic E-state index is 14.1. The van der Waals surface area contributed by atoms with E-state index in [0.717, 1.165) is 11.1 Å². The van der Waals surface area contributed by atoms with Crippen LogP contribution >= 0.6 is 0 Å². The molecule has 1 saturated carbocycles. The number of carbonyl (C=O) groups is 3. The van der Waals surface area contributed by atoms with Crippen molar-refractivity contribution in [1.82, 2.24) is 0 Å². The van der Waals surface area contributed by atoms with Gasteiger partial charge in [-0.15, -0.1) is 0 Å². The lowest BCUT2D eigenvalue weighted by atomic mass is 9.46. The van der Waals surface area contributed by atoms with Crippen molar-refractivity contribution in [3.8, 4) is 22.6 Å². The summed E-state index contributed by atoms with van der Waals surface area (Å²) in [6.45, 7) is 6.47. The van der Waals surface area contributed by atoms with Crippen LogP contribution in [0.5, 0.6) is 11.5 Å². The molecule has 2 aromatic carbocycles. The van der Waals surface area contributed by atoms with Crippen LogP contribution in [0, 0.1) is 10.8 Å². The van der Waals surface area contributed by atoms with Crippen molar-refractivity contribution in [2.45, 2.75) is 52.6 Å². The highest BCUT2D eigenvalue weighted by molar-refractivity contribution is 6.33. The lowest BCUT2D eigenvalue weighted by Gasteiger charge is -2.56. The molecule has 3 N–H and O–H groups in total. The molecule has 0 saturated heterocycles. The Labute approximate surface area is 215 Å². The third-order valence-electron chi connectivity index (χ3n) is 8.54. The zero-order valence-corrected chi connectivity index (χ0v) is 21.6. The molecule has 192 valence electrons. The van der Waals surface area contributed by atoms with Crippen LogP contribution in [0.25, 0.3) is 16.9 Å². The molecule has 37 heavy (non-hydrogen) atoms. The first-order valence-corrected chi connectivity index (χ1v) is 12.2. The number of aromatic hydroxyl groups is 1. The Hall–Kier alpha value is -3.71. The fourth-order valence-electron chi connectivity index (χ4n) is 7.07. The predicted octanol–water partition coefficient (Wildman–Crippen LogP) is 4.49. The summed E-state index contributed by atoms with van der Waals surface area (Å²) in [5.41, 5.74) is -1.87. The van der Waals surface area contributed by atoms with E-state index >= 15 is 0 Å². The Kier molecular flexibility index (Phi) is 5.32. The fraction of sp³-hybridized carbons (Fsp3) is 0.367. The number of aliphatic hydroxyl groups is 2.